The molecule has 1 heterocycles. The molecule has 0 spiro atoms. The molecule has 0 aliphatic carbocycles. The van der Waals surface area contributed by atoms with Crippen LogP contribution in [0, 0.1) is 0 Å². The zero-order valence-electron chi connectivity index (χ0n) is 9.15. The van der Waals surface area contributed by atoms with Crippen molar-refractivity contribution in [2.24, 2.45) is 0 Å². The van der Waals surface area contributed by atoms with Crippen LogP contribution in [0.25, 0.3) is 0 Å². The Balaban J connectivity index is 2.21. The van der Waals surface area contributed by atoms with Crippen LogP contribution in [0.2, 0.25) is 5.15 Å². The van der Waals surface area contributed by atoms with E-state index in [0.29, 0.717) is 16.9 Å². The molecule has 2 rings (SSSR count). The van der Waals surface area contributed by atoms with Gasteiger partial charge in [-0.1, -0.05) is 11.6 Å². The molecule has 0 radical (unpaired) electrons. The number of nitrogens with zero attached hydrogens (tertiary/aromatic N) is 1. The highest BCUT2D eigenvalue weighted by Gasteiger charge is 2.09. The molecular formula is C12H9BrClN3O. The summed E-state index contributed by atoms with van der Waals surface area (Å²) < 4.78 is 0.736. The van der Waals surface area contributed by atoms with Gasteiger partial charge in [0.15, 0.2) is 5.15 Å². The average Bonchev–Trinajstić information content (AvgIpc) is 2.34. The zero-order chi connectivity index (χ0) is 13.1. The van der Waals surface area contributed by atoms with Crippen molar-refractivity contribution in [3.63, 3.8) is 0 Å². The topological polar surface area (TPSA) is 68.0 Å². The number of halogens is 2. The van der Waals surface area contributed by atoms with E-state index >= 15 is 0 Å². The SMILES string of the molecule is Nc1ccc(C(=O)Nc2cc(Br)cnc2Cl)cc1. The van der Waals surface area contributed by atoms with E-state index in [-0.39, 0.29) is 11.1 Å². The third-order valence-corrected chi connectivity index (χ3v) is 2.96. The molecule has 1 aromatic heterocycles. The van der Waals surface area contributed by atoms with Crippen LogP contribution in [0.5, 0.6) is 0 Å². The Morgan fingerprint density at radius 2 is 2.00 bits per heavy atom. The largest absolute Gasteiger partial charge is 0.399 e. The van der Waals surface area contributed by atoms with Crippen molar-refractivity contribution >= 4 is 44.8 Å². The molecule has 18 heavy (non-hydrogen) atoms. The Labute approximate surface area is 117 Å². The summed E-state index contributed by atoms with van der Waals surface area (Å²) in [6.07, 6.45) is 1.56. The number of pyridine rings is 1. The fourth-order valence-corrected chi connectivity index (χ4v) is 1.82. The average molecular weight is 327 g/mol. The summed E-state index contributed by atoms with van der Waals surface area (Å²) in [6, 6.07) is 8.30. The Morgan fingerprint density at radius 3 is 2.67 bits per heavy atom. The van der Waals surface area contributed by atoms with E-state index in [4.69, 9.17) is 17.3 Å². The van der Waals surface area contributed by atoms with E-state index in [1.807, 2.05) is 0 Å². The number of nitrogen functional groups attached to an aromatic ring is 1. The third-order valence-electron chi connectivity index (χ3n) is 2.23. The summed E-state index contributed by atoms with van der Waals surface area (Å²) in [7, 11) is 0. The number of aromatic nitrogens is 1. The van der Waals surface area contributed by atoms with E-state index in [0.717, 1.165) is 4.47 Å². The van der Waals surface area contributed by atoms with E-state index in [9.17, 15) is 4.79 Å². The van der Waals surface area contributed by atoms with E-state index in [2.05, 4.69) is 26.2 Å². The van der Waals surface area contributed by atoms with Crippen molar-refractivity contribution in [2.75, 3.05) is 11.1 Å². The van der Waals surface area contributed by atoms with Gasteiger partial charge in [-0.25, -0.2) is 4.98 Å². The number of carbonyl (C=O) groups is 1. The van der Waals surface area contributed by atoms with Crippen molar-refractivity contribution in [3.05, 3.63) is 51.7 Å². The maximum atomic E-state index is 11.9. The maximum absolute atomic E-state index is 11.9. The van der Waals surface area contributed by atoms with E-state index in [1.54, 1.807) is 36.5 Å². The zero-order valence-corrected chi connectivity index (χ0v) is 11.5. The van der Waals surface area contributed by atoms with Gasteiger partial charge in [0.25, 0.3) is 5.91 Å². The van der Waals surface area contributed by atoms with Crippen molar-refractivity contribution in [2.45, 2.75) is 0 Å². The lowest BCUT2D eigenvalue weighted by Crippen LogP contribution is -2.12. The van der Waals surface area contributed by atoms with Crippen LogP contribution < -0.4 is 11.1 Å². The summed E-state index contributed by atoms with van der Waals surface area (Å²) in [5.41, 5.74) is 7.11. The normalized spacial score (nSPS) is 10.1. The molecule has 0 saturated carbocycles. The number of carbonyl (C=O) groups excluding carboxylic acids is 1. The molecule has 0 aliphatic rings. The molecular weight excluding hydrogens is 318 g/mol. The second-order valence-electron chi connectivity index (χ2n) is 3.57. The second kappa shape index (κ2) is 5.37. The van der Waals surface area contributed by atoms with Gasteiger partial charge in [-0.2, -0.15) is 0 Å². The van der Waals surface area contributed by atoms with Gasteiger partial charge in [0.05, 0.1) is 5.69 Å². The number of hydrogen-bond acceptors (Lipinski definition) is 3. The van der Waals surface area contributed by atoms with Crippen LogP contribution in [0.4, 0.5) is 11.4 Å². The van der Waals surface area contributed by atoms with Gasteiger partial charge in [-0.3, -0.25) is 4.79 Å². The van der Waals surface area contributed by atoms with Gasteiger partial charge >= 0.3 is 0 Å². The molecule has 2 aromatic rings. The van der Waals surface area contributed by atoms with Gasteiger partial charge in [0.2, 0.25) is 0 Å². The summed E-state index contributed by atoms with van der Waals surface area (Å²) in [5.74, 6) is -0.267. The minimum Gasteiger partial charge on any atom is -0.399 e. The highest BCUT2D eigenvalue weighted by Crippen LogP contribution is 2.23. The molecule has 92 valence electrons. The van der Waals surface area contributed by atoms with Crippen LogP contribution in [0.1, 0.15) is 10.4 Å². The van der Waals surface area contributed by atoms with Crippen molar-refractivity contribution in [3.8, 4) is 0 Å². The van der Waals surface area contributed by atoms with E-state index in [1.165, 1.54) is 0 Å². The highest BCUT2D eigenvalue weighted by molar-refractivity contribution is 9.10. The lowest BCUT2D eigenvalue weighted by Gasteiger charge is -2.07. The number of hydrogen-bond donors (Lipinski definition) is 2. The number of anilines is 2. The van der Waals surface area contributed by atoms with Crippen LogP contribution in [-0.2, 0) is 0 Å². The first kappa shape index (κ1) is 12.9. The number of benzene rings is 1. The maximum Gasteiger partial charge on any atom is 0.255 e. The standard InChI is InChI=1S/C12H9BrClN3O/c13-8-5-10(11(14)16-6-8)17-12(18)7-1-3-9(15)4-2-7/h1-6H,15H2,(H,17,18). The lowest BCUT2D eigenvalue weighted by molar-refractivity contribution is 0.102. The number of amides is 1. The van der Waals surface area contributed by atoms with Crippen molar-refractivity contribution in [1.82, 2.24) is 4.98 Å². The third kappa shape index (κ3) is 3.00. The van der Waals surface area contributed by atoms with Crippen LogP contribution >= 0.6 is 27.5 Å². The van der Waals surface area contributed by atoms with Gasteiger partial charge in [-0.05, 0) is 46.3 Å². The Morgan fingerprint density at radius 1 is 1.33 bits per heavy atom. The van der Waals surface area contributed by atoms with Crippen molar-refractivity contribution < 1.29 is 4.79 Å². The molecule has 4 nitrogen and oxygen atoms in total. The first-order valence-corrected chi connectivity index (χ1v) is 6.21. The first-order valence-electron chi connectivity index (χ1n) is 5.04. The van der Waals surface area contributed by atoms with Gasteiger partial charge < -0.3 is 11.1 Å². The summed E-state index contributed by atoms with van der Waals surface area (Å²) in [6.45, 7) is 0. The van der Waals surface area contributed by atoms with Gasteiger partial charge in [0, 0.05) is 21.9 Å². The summed E-state index contributed by atoms with van der Waals surface area (Å²) in [4.78, 5) is 15.9. The predicted octanol–water partition coefficient (Wildman–Crippen LogP) is 3.33. The van der Waals surface area contributed by atoms with Gasteiger partial charge in [-0.15, -0.1) is 0 Å². The van der Waals surface area contributed by atoms with E-state index < -0.39 is 0 Å². The molecule has 0 unspecified atom stereocenters. The predicted molar refractivity (Wildman–Crippen MR) is 75.8 cm³/mol. The molecule has 3 N–H and O–H groups in total. The molecule has 0 aliphatic heterocycles. The molecule has 1 aromatic carbocycles. The Hall–Kier alpha value is -1.59. The number of rotatable bonds is 2. The molecule has 0 bridgehead atoms. The second-order valence-corrected chi connectivity index (χ2v) is 4.84. The molecule has 0 saturated heterocycles. The minimum absolute atomic E-state index is 0.238. The quantitative estimate of drug-likeness (QED) is 0.657. The smallest absolute Gasteiger partial charge is 0.255 e. The fourth-order valence-electron chi connectivity index (χ4n) is 1.34. The fraction of sp³-hybridized carbons (Fsp3) is 0. The van der Waals surface area contributed by atoms with Crippen molar-refractivity contribution in [1.29, 1.82) is 0 Å². The Kier molecular flexibility index (Phi) is 3.84. The summed E-state index contributed by atoms with van der Waals surface area (Å²) >= 11 is 9.15. The van der Waals surface area contributed by atoms with Crippen LogP contribution in [0.3, 0.4) is 0 Å². The number of nitrogens with two attached hydrogens (primary N) is 1. The Bertz CT molecular complexity index is 586. The molecule has 0 fully saturated rings. The minimum atomic E-state index is -0.267. The first-order chi connectivity index (χ1) is 8.56. The number of nitrogens with one attached hydrogen (secondary N) is 1. The summed E-state index contributed by atoms with van der Waals surface area (Å²) in [5, 5.41) is 2.92. The monoisotopic (exact) mass is 325 g/mol. The lowest BCUT2D eigenvalue weighted by atomic mass is 10.2. The highest BCUT2D eigenvalue weighted by atomic mass is 79.9. The van der Waals surface area contributed by atoms with Crippen LogP contribution in [-0.4, -0.2) is 10.9 Å². The molecule has 0 atom stereocenters. The molecule has 6 heteroatoms. The van der Waals surface area contributed by atoms with Crippen LogP contribution in [0.15, 0.2) is 41.0 Å². The van der Waals surface area contributed by atoms with Gasteiger partial charge in [0.1, 0.15) is 0 Å². The molecule has 1 amide bonds.